The Bertz CT molecular complexity index is 553. The topological polar surface area (TPSA) is 62.5 Å². The van der Waals surface area contributed by atoms with Crippen molar-refractivity contribution in [2.45, 2.75) is 18.9 Å². The number of aliphatic hydroxyl groups excluding tert-OH is 1. The normalized spacial score (nSPS) is 12.1. The van der Waals surface area contributed by atoms with Crippen LogP contribution in [0.15, 0.2) is 51.7 Å². The zero-order valence-electron chi connectivity index (χ0n) is 10.9. The second kappa shape index (κ2) is 7.26. The van der Waals surface area contributed by atoms with E-state index in [0.29, 0.717) is 23.1 Å². The third-order valence-corrected chi connectivity index (χ3v) is 3.40. The molecule has 0 saturated carbocycles. The van der Waals surface area contributed by atoms with Gasteiger partial charge in [-0.1, -0.05) is 30.3 Å². The van der Waals surface area contributed by atoms with Crippen LogP contribution in [0.5, 0.6) is 0 Å². The molecule has 0 aliphatic rings. The highest BCUT2D eigenvalue weighted by Gasteiger charge is 2.16. The molecular formula is C15H16BrNO3. The maximum absolute atomic E-state index is 12.2. The lowest BCUT2D eigenvalue weighted by molar-refractivity contribution is 0.0931. The summed E-state index contributed by atoms with van der Waals surface area (Å²) in [6.07, 6.45) is 2.73. The molecular weight excluding hydrogens is 322 g/mol. The molecule has 0 aliphatic carbocycles. The average Bonchev–Trinajstić information content (AvgIpc) is 2.91. The van der Waals surface area contributed by atoms with Crippen molar-refractivity contribution in [2.24, 2.45) is 0 Å². The second-order valence-electron chi connectivity index (χ2n) is 4.44. The monoisotopic (exact) mass is 337 g/mol. The molecule has 0 bridgehead atoms. The molecule has 0 spiro atoms. The number of carbonyl (C=O) groups is 1. The van der Waals surface area contributed by atoms with Crippen LogP contribution in [0, 0.1) is 0 Å². The number of hydrogen-bond donors (Lipinski definition) is 2. The Morgan fingerprint density at radius 3 is 2.70 bits per heavy atom. The van der Waals surface area contributed by atoms with E-state index in [9.17, 15) is 4.79 Å². The van der Waals surface area contributed by atoms with Crippen molar-refractivity contribution in [1.29, 1.82) is 0 Å². The van der Waals surface area contributed by atoms with Gasteiger partial charge >= 0.3 is 0 Å². The molecule has 0 aliphatic heterocycles. The molecule has 1 aromatic carbocycles. The summed E-state index contributed by atoms with van der Waals surface area (Å²) in [5, 5.41) is 11.9. The van der Waals surface area contributed by atoms with Crippen molar-refractivity contribution < 1.29 is 14.3 Å². The number of furan rings is 1. The minimum atomic E-state index is -0.189. The van der Waals surface area contributed by atoms with Gasteiger partial charge in [-0.2, -0.15) is 0 Å². The van der Waals surface area contributed by atoms with Crippen molar-refractivity contribution in [2.75, 3.05) is 6.61 Å². The van der Waals surface area contributed by atoms with E-state index in [1.54, 1.807) is 6.07 Å². The van der Waals surface area contributed by atoms with Crippen LogP contribution < -0.4 is 5.32 Å². The summed E-state index contributed by atoms with van der Waals surface area (Å²) >= 11 is 3.17. The Labute approximate surface area is 125 Å². The highest BCUT2D eigenvalue weighted by Crippen LogP contribution is 2.20. The zero-order valence-corrected chi connectivity index (χ0v) is 12.5. The van der Waals surface area contributed by atoms with Crippen molar-refractivity contribution >= 4 is 21.8 Å². The summed E-state index contributed by atoms with van der Waals surface area (Å²) in [5.74, 6) is -0.189. The average molecular weight is 338 g/mol. The van der Waals surface area contributed by atoms with Crippen LogP contribution in [0.25, 0.3) is 0 Å². The fraction of sp³-hybridized carbons (Fsp3) is 0.267. The molecule has 106 valence electrons. The summed E-state index contributed by atoms with van der Waals surface area (Å²) in [6, 6.07) is 11.2. The third-order valence-electron chi connectivity index (χ3n) is 2.99. The number of carbonyl (C=O) groups excluding carboxylic acids is 1. The molecule has 0 saturated heterocycles. The van der Waals surface area contributed by atoms with Crippen LogP contribution >= 0.6 is 15.9 Å². The molecule has 5 heteroatoms. The van der Waals surface area contributed by atoms with Gasteiger partial charge in [-0.25, -0.2) is 0 Å². The first-order valence-corrected chi connectivity index (χ1v) is 7.20. The summed E-state index contributed by atoms with van der Waals surface area (Å²) in [6.45, 7) is 0.108. The van der Waals surface area contributed by atoms with Crippen molar-refractivity contribution in [3.05, 3.63) is 58.5 Å². The molecule has 1 unspecified atom stereocenters. The van der Waals surface area contributed by atoms with Gasteiger partial charge in [-0.05, 0) is 34.3 Å². The summed E-state index contributed by atoms with van der Waals surface area (Å²) in [4.78, 5) is 12.2. The molecule has 1 amide bonds. The van der Waals surface area contributed by atoms with Gasteiger partial charge in [0.25, 0.3) is 5.91 Å². The van der Waals surface area contributed by atoms with Gasteiger partial charge in [0, 0.05) is 12.7 Å². The Kier molecular flexibility index (Phi) is 5.38. The summed E-state index contributed by atoms with van der Waals surface area (Å²) in [7, 11) is 0. The second-order valence-corrected chi connectivity index (χ2v) is 5.22. The molecule has 2 N–H and O–H groups in total. The van der Waals surface area contributed by atoms with E-state index in [1.165, 1.54) is 6.26 Å². The van der Waals surface area contributed by atoms with E-state index >= 15 is 0 Å². The maximum atomic E-state index is 12.2. The number of rotatable bonds is 6. The van der Waals surface area contributed by atoms with E-state index < -0.39 is 0 Å². The van der Waals surface area contributed by atoms with Gasteiger partial charge in [0.1, 0.15) is 6.26 Å². The Morgan fingerprint density at radius 1 is 1.35 bits per heavy atom. The van der Waals surface area contributed by atoms with Crippen LogP contribution in [0.4, 0.5) is 0 Å². The predicted molar refractivity (Wildman–Crippen MR) is 79.4 cm³/mol. The number of hydrogen-bond acceptors (Lipinski definition) is 3. The van der Waals surface area contributed by atoms with Gasteiger partial charge in [0.05, 0.1) is 11.6 Å². The van der Waals surface area contributed by atoms with Crippen molar-refractivity contribution in [3.8, 4) is 0 Å². The summed E-state index contributed by atoms with van der Waals surface area (Å²) in [5.41, 5.74) is 1.50. The first kappa shape index (κ1) is 14.8. The minimum absolute atomic E-state index is 0.108. The van der Waals surface area contributed by atoms with Gasteiger partial charge in [0.15, 0.2) is 4.67 Å². The Morgan fingerprint density at radius 2 is 2.10 bits per heavy atom. The van der Waals surface area contributed by atoms with E-state index in [0.717, 1.165) is 5.56 Å². The first-order valence-electron chi connectivity index (χ1n) is 6.41. The van der Waals surface area contributed by atoms with Crippen LogP contribution in [-0.4, -0.2) is 17.6 Å². The molecule has 0 fully saturated rings. The van der Waals surface area contributed by atoms with E-state index in [4.69, 9.17) is 9.52 Å². The highest BCUT2D eigenvalue weighted by molar-refractivity contribution is 9.10. The Balaban J connectivity index is 2.09. The molecule has 0 radical (unpaired) electrons. The largest absolute Gasteiger partial charge is 0.457 e. The minimum Gasteiger partial charge on any atom is -0.457 e. The molecule has 2 aromatic rings. The van der Waals surface area contributed by atoms with Gasteiger partial charge in [-0.3, -0.25) is 4.79 Å². The van der Waals surface area contributed by atoms with E-state index in [-0.39, 0.29) is 18.6 Å². The van der Waals surface area contributed by atoms with Crippen LogP contribution in [0.3, 0.4) is 0 Å². The first-order chi connectivity index (χ1) is 9.70. The molecule has 20 heavy (non-hydrogen) atoms. The Hall–Kier alpha value is -1.59. The van der Waals surface area contributed by atoms with Crippen molar-refractivity contribution in [1.82, 2.24) is 5.32 Å². The maximum Gasteiger partial charge on any atom is 0.255 e. The molecule has 1 aromatic heterocycles. The highest BCUT2D eigenvalue weighted by atomic mass is 79.9. The van der Waals surface area contributed by atoms with Crippen molar-refractivity contribution in [3.63, 3.8) is 0 Å². The fourth-order valence-electron chi connectivity index (χ4n) is 1.97. The molecule has 1 atom stereocenters. The lowest BCUT2D eigenvalue weighted by atomic mass is 10.0. The smallest absolute Gasteiger partial charge is 0.255 e. The van der Waals surface area contributed by atoms with Gasteiger partial charge < -0.3 is 14.8 Å². The predicted octanol–water partition coefficient (Wildman–Crippen LogP) is 3.29. The molecule has 4 nitrogen and oxygen atoms in total. The van der Waals surface area contributed by atoms with Gasteiger partial charge in [-0.15, -0.1) is 0 Å². The number of halogens is 1. The lowest BCUT2D eigenvalue weighted by Crippen LogP contribution is -2.28. The van der Waals surface area contributed by atoms with Crippen LogP contribution in [0.2, 0.25) is 0 Å². The third kappa shape index (κ3) is 3.95. The van der Waals surface area contributed by atoms with Gasteiger partial charge in [0.2, 0.25) is 0 Å². The molecule has 1 heterocycles. The zero-order chi connectivity index (χ0) is 14.4. The quantitative estimate of drug-likeness (QED) is 0.850. The number of nitrogens with one attached hydrogen (secondary N) is 1. The van der Waals surface area contributed by atoms with E-state index in [2.05, 4.69) is 21.2 Å². The SMILES string of the molecule is O=C(NC(CCCO)c1ccccc1)c1coc(Br)c1. The number of amides is 1. The standard InChI is InChI=1S/C15H16BrNO3/c16-14-9-12(10-20-14)15(19)17-13(7-4-8-18)11-5-2-1-3-6-11/h1-3,5-6,9-10,13,18H,4,7-8H2,(H,17,19). The molecule has 2 rings (SSSR count). The number of aliphatic hydroxyl groups is 1. The number of benzene rings is 1. The fourth-order valence-corrected chi connectivity index (χ4v) is 2.31. The van der Waals surface area contributed by atoms with Crippen LogP contribution in [0.1, 0.15) is 34.8 Å². The lowest BCUT2D eigenvalue weighted by Gasteiger charge is -2.18. The van der Waals surface area contributed by atoms with Crippen LogP contribution in [-0.2, 0) is 0 Å². The van der Waals surface area contributed by atoms with E-state index in [1.807, 2.05) is 30.3 Å². The summed E-state index contributed by atoms with van der Waals surface area (Å²) < 4.78 is 5.59.